The van der Waals surface area contributed by atoms with Crippen molar-refractivity contribution in [2.45, 2.75) is 69.9 Å². The molecule has 0 bridgehead atoms. The minimum absolute atomic E-state index is 0.0493. The first-order valence-electron chi connectivity index (χ1n) is 10.7. The zero-order valence-electron chi connectivity index (χ0n) is 17.2. The van der Waals surface area contributed by atoms with Crippen molar-refractivity contribution in [3.63, 3.8) is 0 Å². The lowest BCUT2D eigenvalue weighted by atomic mass is 9.96. The van der Waals surface area contributed by atoms with E-state index in [1.807, 2.05) is 23.1 Å². The number of hydrogen-bond donors (Lipinski definition) is 2. The number of likely N-dealkylation sites (tertiary alicyclic amines) is 1. The predicted molar refractivity (Wildman–Crippen MR) is 117 cm³/mol. The highest BCUT2D eigenvalue weighted by Gasteiger charge is 2.24. The number of nitrogens with zero attached hydrogens (tertiary/aromatic N) is 1. The molecule has 2 aliphatic rings. The number of ether oxygens (including phenoxy) is 1. The maximum absolute atomic E-state index is 12.6. The van der Waals surface area contributed by atoms with E-state index in [1.54, 1.807) is 7.11 Å². The van der Waals surface area contributed by atoms with Gasteiger partial charge in [0, 0.05) is 31.6 Å². The van der Waals surface area contributed by atoms with Crippen LogP contribution in [0.5, 0.6) is 5.75 Å². The molecule has 2 fully saturated rings. The van der Waals surface area contributed by atoms with Gasteiger partial charge in [-0.25, -0.2) is 4.79 Å². The standard InChI is InChI=1S/C22H32BrN3O3/c1-29-20-9-7-16(15-19(20)23)8-10-21(27)26-13-11-18(12-14-26)25-22(28)24-17-5-3-2-4-6-17/h7,9,15,17-18H,2-6,8,10-14H2,1H3,(H2,24,25,28). The van der Waals surface area contributed by atoms with Gasteiger partial charge in [-0.1, -0.05) is 25.3 Å². The van der Waals surface area contributed by atoms with Crippen molar-refractivity contribution in [3.8, 4) is 5.75 Å². The fourth-order valence-electron chi connectivity index (χ4n) is 4.21. The molecule has 0 spiro atoms. The molecule has 1 aliphatic carbocycles. The summed E-state index contributed by atoms with van der Waals surface area (Å²) in [5.74, 6) is 0.976. The van der Waals surface area contributed by atoms with Crippen LogP contribution in [0.2, 0.25) is 0 Å². The molecule has 160 valence electrons. The molecule has 3 amide bonds. The quantitative estimate of drug-likeness (QED) is 0.666. The number of aryl methyl sites for hydroxylation is 1. The number of nitrogens with one attached hydrogen (secondary N) is 2. The third kappa shape index (κ3) is 6.63. The van der Waals surface area contributed by atoms with Crippen LogP contribution in [0, 0.1) is 0 Å². The molecule has 1 saturated carbocycles. The molecule has 1 aliphatic heterocycles. The van der Waals surface area contributed by atoms with Crippen LogP contribution >= 0.6 is 15.9 Å². The van der Waals surface area contributed by atoms with Crippen molar-refractivity contribution >= 4 is 27.9 Å². The fourth-order valence-corrected chi connectivity index (χ4v) is 4.80. The number of benzene rings is 1. The van der Waals surface area contributed by atoms with E-state index >= 15 is 0 Å². The summed E-state index contributed by atoms with van der Waals surface area (Å²) in [4.78, 5) is 26.7. The van der Waals surface area contributed by atoms with Crippen molar-refractivity contribution in [2.75, 3.05) is 20.2 Å². The number of amides is 3. The zero-order chi connectivity index (χ0) is 20.6. The smallest absolute Gasteiger partial charge is 0.315 e. The lowest BCUT2D eigenvalue weighted by molar-refractivity contribution is -0.132. The Balaban J connectivity index is 1.36. The number of methoxy groups -OCH3 is 1. The van der Waals surface area contributed by atoms with Gasteiger partial charge in [0.05, 0.1) is 11.6 Å². The molecule has 3 rings (SSSR count). The van der Waals surface area contributed by atoms with Gasteiger partial charge in [-0.2, -0.15) is 0 Å². The Kier molecular flexibility index (Phi) is 8.21. The largest absolute Gasteiger partial charge is 0.496 e. The van der Waals surface area contributed by atoms with Crippen LogP contribution in [0.25, 0.3) is 0 Å². The van der Waals surface area contributed by atoms with Crippen LogP contribution in [0.1, 0.15) is 56.9 Å². The van der Waals surface area contributed by atoms with E-state index in [0.29, 0.717) is 32.0 Å². The summed E-state index contributed by atoms with van der Waals surface area (Å²) in [6.07, 6.45) is 8.72. The van der Waals surface area contributed by atoms with Crippen molar-refractivity contribution in [1.29, 1.82) is 0 Å². The topological polar surface area (TPSA) is 70.7 Å². The zero-order valence-corrected chi connectivity index (χ0v) is 18.8. The highest BCUT2D eigenvalue weighted by atomic mass is 79.9. The first kappa shape index (κ1) is 21.9. The third-order valence-corrected chi connectivity index (χ3v) is 6.59. The van der Waals surface area contributed by atoms with E-state index in [1.165, 1.54) is 19.3 Å². The Morgan fingerprint density at radius 1 is 1.07 bits per heavy atom. The van der Waals surface area contributed by atoms with Gasteiger partial charge in [0.2, 0.25) is 5.91 Å². The van der Waals surface area contributed by atoms with Crippen molar-refractivity contribution in [2.24, 2.45) is 0 Å². The van der Waals surface area contributed by atoms with Gasteiger partial charge in [0.15, 0.2) is 0 Å². The Morgan fingerprint density at radius 3 is 2.34 bits per heavy atom. The lowest BCUT2D eigenvalue weighted by Crippen LogP contribution is -2.51. The molecular weight excluding hydrogens is 434 g/mol. The van der Waals surface area contributed by atoms with Crippen LogP contribution < -0.4 is 15.4 Å². The van der Waals surface area contributed by atoms with Crippen LogP contribution in [-0.2, 0) is 11.2 Å². The summed E-state index contributed by atoms with van der Waals surface area (Å²) in [7, 11) is 1.64. The van der Waals surface area contributed by atoms with Crippen LogP contribution in [-0.4, -0.2) is 49.1 Å². The highest BCUT2D eigenvalue weighted by molar-refractivity contribution is 9.10. The molecular formula is C22H32BrN3O3. The maximum atomic E-state index is 12.6. The second kappa shape index (κ2) is 10.9. The Labute approximate surface area is 181 Å². The average molecular weight is 466 g/mol. The molecule has 0 atom stereocenters. The summed E-state index contributed by atoms with van der Waals surface area (Å²) >= 11 is 3.49. The van der Waals surface area contributed by atoms with Gasteiger partial charge in [-0.3, -0.25) is 4.79 Å². The van der Waals surface area contributed by atoms with Gasteiger partial charge in [0.1, 0.15) is 5.75 Å². The monoisotopic (exact) mass is 465 g/mol. The Morgan fingerprint density at radius 2 is 1.72 bits per heavy atom. The van der Waals surface area contributed by atoms with E-state index in [-0.39, 0.29) is 18.0 Å². The minimum atomic E-state index is -0.0493. The first-order valence-corrected chi connectivity index (χ1v) is 11.5. The summed E-state index contributed by atoms with van der Waals surface area (Å²) in [6, 6.07) is 6.35. The molecule has 2 N–H and O–H groups in total. The average Bonchev–Trinajstić information content (AvgIpc) is 2.73. The molecule has 1 aromatic carbocycles. The number of rotatable bonds is 6. The molecule has 1 heterocycles. The van der Waals surface area contributed by atoms with Crippen molar-refractivity contribution < 1.29 is 14.3 Å². The summed E-state index contributed by atoms with van der Waals surface area (Å²) in [5.41, 5.74) is 1.11. The summed E-state index contributed by atoms with van der Waals surface area (Å²) in [6.45, 7) is 1.42. The van der Waals surface area contributed by atoms with Crippen molar-refractivity contribution in [3.05, 3.63) is 28.2 Å². The second-order valence-electron chi connectivity index (χ2n) is 8.08. The van der Waals surface area contributed by atoms with E-state index < -0.39 is 0 Å². The molecule has 29 heavy (non-hydrogen) atoms. The normalized spacial score (nSPS) is 18.3. The number of carbonyl (C=O) groups is 2. The SMILES string of the molecule is COc1ccc(CCC(=O)N2CCC(NC(=O)NC3CCCCC3)CC2)cc1Br. The lowest BCUT2D eigenvalue weighted by Gasteiger charge is -2.33. The molecule has 0 unspecified atom stereocenters. The van der Waals surface area contributed by atoms with E-state index in [2.05, 4.69) is 26.6 Å². The highest BCUT2D eigenvalue weighted by Crippen LogP contribution is 2.26. The van der Waals surface area contributed by atoms with Gasteiger partial charge >= 0.3 is 6.03 Å². The van der Waals surface area contributed by atoms with Crippen LogP contribution in [0.4, 0.5) is 4.79 Å². The number of piperidine rings is 1. The molecule has 7 heteroatoms. The number of urea groups is 1. The first-order chi connectivity index (χ1) is 14.0. The second-order valence-corrected chi connectivity index (χ2v) is 8.93. The van der Waals surface area contributed by atoms with Gasteiger partial charge < -0.3 is 20.3 Å². The molecule has 1 aromatic rings. The van der Waals surface area contributed by atoms with Gasteiger partial charge in [-0.05, 0) is 65.7 Å². The minimum Gasteiger partial charge on any atom is -0.496 e. The van der Waals surface area contributed by atoms with Gasteiger partial charge in [-0.15, -0.1) is 0 Å². The third-order valence-electron chi connectivity index (χ3n) is 5.97. The van der Waals surface area contributed by atoms with E-state index in [4.69, 9.17) is 4.74 Å². The van der Waals surface area contributed by atoms with Gasteiger partial charge in [0.25, 0.3) is 0 Å². The molecule has 1 saturated heterocycles. The number of carbonyl (C=O) groups excluding carboxylic acids is 2. The maximum Gasteiger partial charge on any atom is 0.315 e. The number of halogens is 1. The molecule has 0 aromatic heterocycles. The van der Waals surface area contributed by atoms with E-state index in [9.17, 15) is 9.59 Å². The molecule has 6 nitrogen and oxygen atoms in total. The Bertz CT molecular complexity index is 699. The summed E-state index contributed by atoms with van der Waals surface area (Å²) < 4.78 is 6.15. The molecule has 0 radical (unpaired) electrons. The Hall–Kier alpha value is -1.76. The van der Waals surface area contributed by atoms with Crippen molar-refractivity contribution in [1.82, 2.24) is 15.5 Å². The van der Waals surface area contributed by atoms with Crippen LogP contribution in [0.15, 0.2) is 22.7 Å². The van der Waals surface area contributed by atoms with Crippen LogP contribution in [0.3, 0.4) is 0 Å². The summed E-state index contributed by atoms with van der Waals surface area (Å²) in [5, 5.41) is 6.20. The predicted octanol–water partition coefficient (Wildman–Crippen LogP) is 4.01. The fraction of sp³-hybridized carbons (Fsp3) is 0.636. The van der Waals surface area contributed by atoms with E-state index in [0.717, 1.165) is 41.5 Å². The number of hydrogen-bond acceptors (Lipinski definition) is 3.